The van der Waals surface area contributed by atoms with E-state index in [1.54, 1.807) is 15.4 Å². The van der Waals surface area contributed by atoms with Crippen molar-refractivity contribution in [3.8, 4) is 0 Å². The van der Waals surface area contributed by atoms with E-state index in [1.807, 2.05) is 0 Å². The molecule has 0 N–H and O–H groups in total. The number of hydrogen-bond acceptors (Lipinski definition) is 5. The van der Waals surface area contributed by atoms with Crippen LogP contribution >= 0.6 is 65.8 Å². The van der Waals surface area contributed by atoms with E-state index in [4.69, 9.17) is 50.9 Å². The first-order valence-corrected chi connectivity index (χ1v) is 12.5. The minimum atomic E-state index is -3.50. The van der Waals surface area contributed by atoms with Gasteiger partial charge in [0.15, 0.2) is 0 Å². The number of hydrogen-bond donors (Lipinski definition) is 0. The first-order valence-electron chi connectivity index (χ1n) is 7.91. The number of thioether (sulfide) groups is 1. The highest BCUT2D eigenvalue weighted by Gasteiger charge is 2.39. The molecule has 0 spiro atoms. The summed E-state index contributed by atoms with van der Waals surface area (Å²) in [5.41, 5.74) is 0. The normalized spacial score (nSPS) is 17.9. The van der Waals surface area contributed by atoms with E-state index in [0.29, 0.717) is 37.5 Å². The van der Waals surface area contributed by atoms with Crippen LogP contribution in [0.1, 0.15) is 6.42 Å². The van der Waals surface area contributed by atoms with Gasteiger partial charge in [0.1, 0.15) is 0 Å². The van der Waals surface area contributed by atoms with Crippen LogP contribution < -0.4 is 0 Å². The van der Waals surface area contributed by atoms with Gasteiger partial charge < -0.3 is 4.52 Å². The van der Waals surface area contributed by atoms with Crippen molar-refractivity contribution in [2.45, 2.75) is 11.8 Å². The van der Waals surface area contributed by atoms with Crippen LogP contribution in [0.25, 0.3) is 0 Å². The molecule has 0 aromatic carbocycles. The van der Waals surface area contributed by atoms with Gasteiger partial charge in [0, 0.05) is 65.9 Å². The van der Waals surface area contributed by atoms with Gasteiger partial charge in [0.05, 0.1) is 6.61 Å². The summed E-state index contributed by atoms with van der Waals surface area (Å²) in [6.45, 7) is 1.27. The number of nitrogens with zero attached hydrogens (tertiary/aromatic N) is 3. The first kappa shape index (κ1) is 24.8. The van der Waals surface area contributed by atoms with E-state index in [0.717, 1.165) is 11.8 Å². The largest absolute Gasteiger partial charge is 0.346 e. The Kier molecular flexibility index (Phi) is 12.5. The summed E-state index contributed by atoms with van der Waals surface area (Å²) in [5.74, 6) is 1.00. The third kappa shape index (κ3) is 7.30. The van der Waals surface area contributed by atoms with E-state index in [2.05, 4.69) is 0 Å². The van der Waals surface area contributed by atoms with Crippen molar-refractivity contribution in [1.82, 2.24) is 9.34 Å². The van der Waals surface area contributed by atoms with E-state index < -0.39 is 13.0 Å². The van der Waals surface area contributed by atoms with Crippen molar-refractivity contribution in [1.29, 1.82) is 0 Å². The van der Waals surface area contributed by atoms with E-state index in [1.165, 1.54) is 0 Å². The smallest absolute Gasteiger partial charge is 0.301 e. The third-order valence-electron chi connectivity index (χ3n) is 3.53. The van der Waals surface area contributed by atoms with Gasteiger partial charge in [-0.25, -0.2) is 9.34 Å². The minimum Gasteiger partial charge on any atom is -0.301 e. The molecule has 0 saturated heterocycles. The zero-order valence-electron chi connectivity index (χ0n) is 14.1. The van der Waals surface area contributed by atoms with Gasteiger partial charge in [-0.15, -0.1) is 46.4 Å². The fraction of sp³-hybridized carbons (Fsp3) is 0.846. The number of nitro groups is 1. The third-order valence-corrected chi connectivity index (χ3v) is 8.13. The van der Waals surface area contributed by atoms with Crippen LogP contribution in [-0.2, 0) is 9.09 Å². The molecule has 1 unspecified atom stereocenters. The summed E-state index contributed by atoms with van der Waals surface area (Å²) in [4.78, 5) is 11.2. The predicted octanol–water partition coefficient (Wildman–Crippen LogP) is 4.29. The molecule has 1 atom stereocenters. The van der Waals surface area contributed by atoms with Crippen molar-refractivity contribution in [2.75, 3.05) is 56.3 Å². The first-order chi connectivity index (χ1) is 12.4. The molecule has 1 aliphatic rings. The molecule has 0 saturated carbocycles. The highest BCUT2D eigenvalue weighted by molar-refractivity contribution is 8.03. The lowest BCUT2D eigenvalue weighted by Crippen LogP contribution is -2.37. The molecule has 0 fully saturated rings. The Bertz CT molecular complexity index is 500. The molecule has 0 aromatic rings. The molecule has 0 amide bonds. The monoisotopic (exact) mass is 487 g/mol. The molecule has 1 aliphatic heterocycles. The number of rotatable bonds is 14. The van der Waals surface area contributed by atoms with Crippen molar-refractivity contribution in [3.63, 3.8) is 0 Å². The molecule has 0 aliphatic carbocycles. The second-order valence-electron chi connectivity index (χ2n) is 5.19. The molecule has 1 rings (SSSR count). The van der Waals surface area contributed by atoms with Crippen LogP contribution in [0.15, 0.2) is 11.0 Å². The second kappa shape index (κ2) is 13.1. The maximum absolute atomic E-state index is 13.8. The molecule has 7 nitrogen and oxygen atoms in total. The lowest BCUT2D eigenvalue weighted by Gasteiger charge is -2.37. The van der Waals surface area contributed by atoms with Crippen LogP contribution in [0.4, 0.5) is 0 Å². The molecular formula is C13H22Cl4N3O4PS. The van der Waals surface area contributed by atoms with E-state index >= 15 is 0 Å². The molecular weight excluding hydrogens is 467 g/mol. The van der Waals surface area contributed by atoms with Gasteiger partial charge >= 0.3 is 7.67 Å². The van der Waals surface area contributed by atoms with Gasteiger partial charge in [-0.2, -0.15) is 0 Å². The van der Waals surface area contributed by atoms with Crippen LogP contribution in [-0.4, -0.2) is 75.9 Å². The molecule has 1 heterocycles. The number of halogens is 4. The van der Waals surface area contributed by atoms with Crippen LogP contribution in [0.3, 0.4) is 0 Å². The Morgan fingerprint density at radius 2 is 1.58 bits per heavy atom. The van der Waals surface area contributed by atoms with Gasteiger partial charge in [-0.1, -0.05) is 6.08 Å². The Labute approximate surface area is 178 Å². The zero-order chi connectivity index (χ0) is 19.6. The average molecular weight is 489 g/mol. The second-order valence-corrected chi connectivity index (χ2v) is 10.4. The Morgan fingerprint density at radius 1 is 1.12 bits per heavy atom. The van der Waals surface area contributed by atoms with Gasteiger partial charge in [0.25, 0.3) is 5.37 Å². The zero-order valence-corrected chi connectivity index (χ0v) is 18.8. The quantitative estimate of drug-likeness (QED) is 0.156. The molecule has 0 bridgehead atoms. The fourth-order valence-electron chi connectivity index (χ4n) is 2.33. The van der Waals surface area contributed by atoms with Gasteiger partial charge in [-0.05, 0) is 11.8 Å². The van der Waals surface area contributed by atoms with E-state index in [-0.39, 0.29) is 35.1 Å². The van der Waals surface area contributed by atoms with Crippen molar-refractivity contribution < 1.29 is 14.0 Å². The maximum Gasteiger partial charge on any atom is 0.346 e. The van der Waals surface area contributed by atoms with Crippen LogP contribution in [0.5, 0.6) is 0 Å². The molecule has 26 heavy (non-hydrogen) atoms. The summed E-state index contributed by atoms with van der Waals surface area (Å²) in [6, 6.07) is 0. The summed E-state index contributed by atoms with van der Waals surface area (Å²) in [5, 5.41) is 10.2. The molecule has 0 aromatic heterocycles. The summed E-state index contributed by atoms with van der Waals surface area (Å²) in [7, 11) is -3.50. The standard InChI is InChI=1S/C13H22Cl4N3O4PS/c14-3-7-18(8-4-15)25(23,19(9-5-16)10-6-17)24-11-12-1-2-13(26-12)20(21)22/h1,13H,2-11H2. The minimum absolute atomic E-state index is 0.00836. The molecule has 152 valence electrons. The highest BCUT2D eigenvalue weighted by Crippen LogP contribution is 2.55. The molecule has 0 radical (unpaired) electrons. The van der Waals surface area contributed by atoms with Crippen molar-refractivity contribution >= 4 is 65.8 Å². The lowest BCUT2D eigenvalue weighted by molar-refractivity contribution is -0.493. The fourth-order valence-corrected chi connectivity index (χ4v) is 7.06. The summed E-state index contributed by atoms with van der Waals surface area (Å²) in [6.07, 6.45) is 2.06. The predicted molar refractivity (Wildman–Crippen MR) is 111 cm³/mol. The van der Waals surface area contributed by atoms with Crippen molar-refractivity contribution in [2.24, 2.45) is 0 Å². The topological polar surface area (TPSA) is 75.9 Å². The maximum atomic E-state index is 13.8. The summed E-state index contributed by atoms with van der Waals surface area (Å²) >= 11 is 24.5. The SMILES string of the molecule is O=[N+]([O-])C1CC=C(COP(=O)(N(CCCl)CCCl)N(CCCl)CCCl)S1. The van der Waals surface area contributed by atoms with Gasteiger partial charge in [-0.3, -0.25) is 14.7 Å². The lowest BCUT2D eigenvalue weighted by atomic mass is 10.4. The Balaban J connectivity index is 2.95. The number of alkyl halides is 4. The molecule has 13 heteroatoms. The summed E-state index contributed by atoms with van der Waals surface area (Å²) < 4.78 is 22.8. The van der Waals surface area contributed by atoms with Crippen LogP contribution in [0.2, 0.25) is 0 Å². The Hall–Kier alpha value is 0.760. The highest BCUT2D eigenvalue weighted by atomic mass is 35.5. The van der Waals surface area contributed by atoms with Crippen molar-refractivity contribution in [3.05, 3.63) is 21.1 Å². The van der Waals surface area contributed by atoms with E-state index in [9.17, 15) is 14.7 Å². The average Bonchev–Trinajstić information content (AvgIpc) is 3.09. The Morgan fingerprint density at radius 3 is 1.92 bits per heavy atom. The van der Waals surface area contributed by atoms with Crippen LogP contribution in [0, 0.1) is 10.1 Å². The van der Waals surface area contributed by atoms with Gasteiger partial charge in [0.2, 0.25) is 0 Å².